The van der Waals surface area contributed by atoms with E-state index < -0.39 is 0 Å². The number of benzene rings is 2. The minimum atomic E-state index is -0.0711. The molecule has 4 rings (SSSR count). The van der Waals surface area contributed by atoms with Gasteiger partial charge >= 0.3 is 0 Å². The average molecular weight is 423 g/mol. The molecule has 1 fully saturated rings. The number of likely N-dealkylation sites (N-methyl/N-ethyl adjacent to an activating group) is 1. The summed E-state index contributed by atoms with van der Waals surface area (Å²) >= 11 is 6.38. The average Bonchev–Trinajstić information content (AvgIpc) is 3.22. The Balaban J connectivity index is 1.88. The Kier molecular flexibility index (Phi) is 6.21. The molecular formula is C24H27ClN4O. The van der Waals surface area contributed by atoms with E-state index in [1.165, 1.54) is 0 Å². The zero-order chi connectivity index (χ0) is 21.1. The molecule has 1 saturated heterocycles. The summed E-state index contributed by atoms with van der Waals surface area (Å²) in [4.78, 5) is 24.7. The van der Waals surface area contributed by atoms with Gasteiger partial charge in [0.1, 0.15) is 5.70 Å². The molecule has 2 heterocycles. The molecule has 2 aromatic carbocycles. The van der Waals surface area contributed by atoms with Crippen LogP contribution in [0.4, 0.5) is 5.69 Å². The van der Waals surface area contributed by atoms with Crippen molar-refractivity contribution in [1.82, 2.24) is 9.80 Å². The normalized spacial score (nSPS) is 18.1. The maximum Gasteiger partial charge on any atom is 0.278 e. The number of fused-ring (bicyclic) bond motifs is 1. The van der Waals surface area contributed by atoms with Crippen LogP contribution in [-0.4, -0.2) is 61.7 Å². The van der Waals surface area contributed by atoms with Crippen LogP contribution in [0.1, 0.15) is 24.0 Å². The van der Waals surface area contributed by atoms with E-state index in [9.17, 15) is 4.79 Å². The summed E-state index contributed by atoms with van der Waals surface area (Å²) in [5.74, 6) is -0.0711. The smallest absolute Gasteiger partial charge is 0.278 e. The Labute approximate surface area is 183 Å². The molecule has 2 aromatic rings. The Morgan fingerprint density at radius 1 is 1.10 bits per heavy atom. The molecule has 0 saturated carbocycles. The van der Waals surface area contributed by atoms with Gasteiger partial charge < -0.3 is 14.7 Å². The molecule has 2 aliphatic heterocycles. The van der Waals surface area contributed by atoms with Crippen LogP contribution in [0.2, 0.25) is 5.02 Å². The van der Waals surface area contributed by atoms with E-state index in [1.807, 2.05) is 73.7 Å². The van der Waals surface area contributed by atoms with Crippen LogP contribution in [0, 0.1) is 0 Å². The lowest BCUT2D eigenvalue weighted by atomic mass is 10.00. The molecular weight excluding hydrogens is 396 g/mol. The molecule has 0 bridgehead atoms. The number of rotatable bonds is 5. The molecule has 0 N–H and O–H groups in total. The third-order valence-electron chi connectivity index (χ3n) is 5.46. The standard InChI is InChI=1S/C24H27ClN4O/c1-27(2)14-15-29-22-11-10-19(25)16-20(22)23(18-8-4-3-5-9-18)26-21(24(29)30)17-28-12-6-7-13-28/h3-5,8-11,16-17H,6-7,12-15H2,1-2H3. The van der Waals surface area contributed by atoms with E-state index in [0.29, 0.717) is 17.3 Å². The van der Waals surface area contributed by atoms with Crippen molar-refractivity contribution >= 4 is 28.9 Å². The van der Waals surface area contributed by atoms with E-state index in [-0.39, 0.29) is 5.91 Å². The molecule has 1 amide bonds. The summed E-state index contributed by atoms with van der Waals surface area (Å²) in [6.45, 7) is 3.26. The SMILES string of the molecule is CN(C)CCN1C(=O)C(=CN2CCCC2)N=C(c2ccccc2)c2cc(Cl)ccc21. The number of hydrogen-bond donors (Lipinski definition) is 0. The van der Waals surface area contributed by atoms with Crippen molar-refractivity contribution in [2.24, 2.45) is 4.99 Å². The lowest BCUT2D eigenvalue weighted by molar-refractivity contribution is -0.115. The Hall–Kier alpha value is -2.63. The predicted molar refractivity (Wildman–Crippen MR) is 123 cm³/mol. The fourth-order valence-electron chi connectivity index (χ4n) is 3.88. The molecule has 0 unspecified atom stereocenters. The maximum absolute atomic E-state index is 13.6. The molecule has 5 nitrogen and oxygen atoms in total. The molecule has 0 atom stereocenters. The highest BCUT2D eigenvalue weighted by atomic mass is 35.5. The van der Waals surface area contributed by atoms with Crippen molar-refractivity contribution in [3.8, 4) is 0 Å². The number of anilines is 1. The molecule has 2 aliphatic rings. The Morgan fingerprint density at radius 2 is 1.83 bits per heavy atom. The topological polar surface area (TPSA) is 39.1 Å². The second kappa shape index (κ2) is 9.02. The van der Waals surface area contributed by atoms with Gasteiger partial charge in [-0.2, -0.15) is 0 Å². The second-order valence-corrected chi connectivity index (χ2v) is 8.44. The fourth-order valence-corrected chi connectivity index (χ4v) is 4.05. The maximum atomic E-state index is 13.6. The van der Waals surface area contributed by atoms with Crippen molar-refractivity contribution in [3.63, 3.8) is 0 Å². The monoisotopic (exact) mass is 422 g/mol. The van der Waals surface area contributed by atoms with Crippen LogP contribution in [0.3, 0.4) is 0 Å². The number of aliphatic imine (C=N–C) groups is 1. The molecule has 0 aromatic heterocycles. The Morgan fingerprint density at radius 3 is 2.53 bits per heavy atom. The quantitative estimate of drug-likeness (QED) is 0.683. The van der Waals surface area contributed by atoms with Crippen molar-refractivity contribution in [2.45, 2.75) is 12.8 Å². The third kappa shape index (κ3) is 4.42. The van der Waals surface area contributed by atoms with E-state index >= 15 is 0 Å². The van der Waals surface area contributed by atoms with Gasteiger partial charge in [0.25, 0.3) is 5.91 Å². The van der Waals surface area contributed by atoms with Gasteiger partial charge in [-0.3, -0.25) is 4.79 Å². The van der Waals surface area contributed by atoms with Crippen LogP contribution in [0.25, 0.3) is 0 Å². The van der Waals surface area contributed by atoms with Gasteiger partial charge in [0.15, 0.2) is 0 Å². The number of amides is 1. The second-order valence-electron chi connectivity index (χ2n) is 8.01. The number of carbonyl (C=O) groups excluding carboxylic acids is 1. The zero-order valence-electron chi connectivity index (χ0n) is 17.5. The lowest BCUT2D eigenvalue weighted by Crippen LogP contribution is -2.37. The highest BCUT2D eigenvalue weighted by Gasteiger charge is 2.29. The largest absolute Gasteiger partial charge is 0.375 e. The lowest BCUT2D eigenvalue weighted by Gasteiger charge is -2.25. The number of hydrogen-bond acceptors (Lipinski definition) is 4. The Bertz CT molecular complexity index is 978. The summed E-state index contributed by atoms with van der Waals surface area (Å²) < 4.78 is 0. The first-order valence-corrected chi connectivity index (χ1v) is 10.8. The van der Waals surface area contributed by atoms with Crippen LogP contribution in [0.5, 0.6) is 0 Å². The van der Waals surface area contributed by atoms with E-state index in [1.54, 1.807) is 0 Å². The predicted octanol–water partition coefficient (Wildman–Crippen LogP) is 4.02. The van der Waals surface area contributed by atoms with Crippen molar-refractivity contribution in [1.29, 1.82) is 0 Å². The summed E-state index contributed by atoms with van der Waals surface area (Å²) in [7, 11) is 4.02. The van der Waals surface area contributed by atoms with Crippen LogP contribution < -0.4 is 4.90 Å². The minimum Gasteiger partial charge on any atom is -0.375 e. The first kappa shape index (κ1) is 20.6. The summed E-state index contributed by atoms with van der Waals surface area (Å²) in [6, 6.07) is 15.7. The van der Waals surface area contributed by atoms with Crippen LogP contribution in [0.15, 0.2) is 65.4 Å². The van der Waals surface area contributed by atoms with E-state index in [0.717, 1.165) is 55.0 Å². The van der Waals surface area contributed by atoms with Crippen LogP contribution >= 0.6 is 11.6 Å². The first-order valence-electron chi connectivity index (χ1n) is 10.4. The molecule has 30 heavy (non-hydrogen) atoms. The van der Waals surface area contributed by atoms with Gasteiger partial charge in [-0.15, -0.1) is 0 Å². The highest BCUT2D eigenvalue weighted by Crippen LogP contribution is 2.32. The first-order chi connectivity index (χ1) is 14.5. The number of benzodiazepines with no additional fused rings is 1. The van der Waals surface area contributed by atoms with Gasteiger partial charge in [0.05, 0.1) is 11.4 Å². The van der Waals surface area contributed by atoms with Crippen molar-refractivity contribution in [2.75, 3.05) is 45.2 Å². The molecule has 0 radical (unpaired) electrons. The number of likely N-dealkylation sites (tertiary alicyclic amines) is 1. The number of halogens is 1. The van der Waals surface area contributed by atoms with E-state index in [2.05, 4.69) is 9.80 Å². The van der Waals surface area contributed by atoms with Crippen molar-refractivity contribution in [3.05, 3.63) is 76.6 Å². The summed E-state index contributed by atoms with van der Waals surface area (Å²) in [6.07, 6.45) is 4.23. The minimum absolute atomic E-state index is 0.0711. The van der Waals surface area contributed by atoms with Gasteiger partial charge in [0.2, 0.25) is 0 Å². The summed E-state index contributed by atoms with van der Waals surface area (Å²) in [5, 5.41) is 0.629. The van der Waals surface area contributed by atoms with Gasteiger partial charge in [-0.1, -0.05) is 41.9 Å². The summed E-state index contributed by atoms with van der Waals surface area (Å²) in [5.41, 5.74) is 3.95. The van der Waals surface area contributed by atoms with Crippen molar-refractivity contribution < 1.29 is 4.79 Å². The molecule has 6 heteroatoms. The fraction of sp³-hybridized carbons (Fsp3) is 0.333. The number of nitrogens with zero attached hydrogens (tertiary/aromatic N) is 4. The highest BCUT2D eigenvalue weighted by molar-refractivity contribution is 6.32. The van der Waals surface area contributed by atoms with Gasteiger partial charge in [-0.05, 0) is 45.1 Å². The molecule has 156 valence electrons. The van der Waals surface area contributed by atoms with E-state index in [4.69, 9.17) is 16.6 Å². The van der Waals surface area contributed by atoms with Gasteiger partial charge in [-0.25, -0.2) is 4.99 Å². The molecule has 0 spiro atoms. The zero-order valence-corrected chi connectivity index (χ0v) is 18.3. The van der Waals surface area contributed by atoms with Crippen LogP contribution in [-0.2, 0) is 4.79 Å². The third-order valence-corrected chi connectivity index (χ3v) is 5.70. The van der Waals surface area contributed by atoms with Gasteiger partial charge in [0, 0.05) is 48.5 Å². The molecule has 0 aliphatic carbocycles. The number of carbonyl (C=O) groups is 1.